The molecule has 188 valence electrons. The van der Waals surface area contributed by atoms with Crippen LogP contribution in [0.25, 0.3) is 0 Å². The van der Waals surface area contributed by atoms with Crippen molar-refractivity contribution in [1.29, 1.82) is 0 Å². The summed E-state index contributed by atoms with van der Waals surface area (Å²) in [5, 5.41) is 4.83. The van der Waals surface area contributed by atoms with E-state index in [4.69, 9.17) is 9.47 Å². The molecule has 1 heterocycles. The third-order valence-electron chi connectivity index (χ3n) is 5.47. The zero-order valence-electron chi connectivity index (χ0n) is 18.9. The summed E-state index contributed by atoms with van der Waals surface area (Å²) < 4.78 is 63.1. The Bertz CT molecular complexity index is 1110. The van der Waals surface area contributed by atoms with Crippen LogP contribution in [0, 0.1) is 5.82 Å². The van der Waals surface area contributed by atoms with Gasteiger partial charge in [0.2, 0.25) is 5.91 Å². The quantitative estimate of drug-likeness (QED) is 0.313. The summed E-state index contributed by atoms with van der Waals surface area (Å²) in [5.74, 6) is -2.24. The van der Waals surface area contributed by atoms with Crippen molar-refractivity contribution in [2.45, 2.75) is 25.1 Å². The molecule has 1 aliphatic heterocycles. The number of methoxy groups -OCH3 is 1. The van der Waals surface area contributed by atoms with Crippen molar-refractivity contribution in [1.82, 2.24) is 10.2 Å². The van der Waals surface area contributed by atoms with Gasteiger partial charge in [0.05, 0.1) is 17.9 Å². The lowest BCUT2D eigenvalue weighted by atomic mass is 9.87. The molecule has 4 amide bonds. The number of carbonyl (C=O) groups excluding carboxylic acids is 3. The monoisotopic (exact) mass is 497 g/mol. The first-order chi connectivity index (χ1) is 16.5. The SMILES string of the molecule is CCC1(c2ccc(F)cc2)NC(=O)N(CC(=O)Nc2cc(C(F)(F)F)ccc2OCCOC)C1=O. The van der Waals surface area contributed by atoms with Gasteiger partial charge in [-0.2, -0.15) is 13.2 Å². The van der Waals surface area contributed by atoms with Gasteiger partial charge in [0.25, 0.3) is 5.91 Å². The Morgan fingerprint density at radius 1 is 1.11 bits per heavy atom. The van der Waals surface area contributed by atoms with Crippen LogP contribution in [0.1, 0.15) is 24.5 Å². The van der Waals surface area contributed by atoms with E-state index in [1.165, 1.54) is 19.2 Å². The second-order valence-electron chi connectivity index (χ2n) is 7.69. The lowest BCUT2D eigenvalue weighted by Gasteiger charge is -2.25. The van der Waals surface area contributed by atoms with Crippen LogP contribution in [0.2, 0.25) is 0 Å². The summed E-state index contributed by atoms with van der Waals surface area (Å²) in [6.07, 6.45) is -4.56. The Morgan fingerprint density at radius 2 is 1.80 bits per heavy atom. The normalized spacial score (nSPS) is 17.9. The number of anilines is 1. The summed E-state index contributed by atoms with van der Waals surface area (Å²) >= 11 is 0. The highest BCUT2D eigenvalue weighted by Gasteiger charge is 2.51. The number of rotatable bonds is 9. The molecule has 0 bridgehead atoms. The van der Waals surface area contributed by atoms with Gasteiger partial charge < -0.3 is 20.1 Å². The molecule has 0 spiro atoms. The van der Waals surface area contributed by atoms with E-state index in [1.54, 1.807) is 6.92 Å². The topological polar surface area (TPSA) is 97.0 Å². The number of hydrogen-bond acceptors (Lipinski definition) is 5. The van der Waals surface area contributed by atoms with E-state index >= 15 is 0 Å². The van der Waals surface area contributed by atoms with Gasteiger partial charge in [-0.3, -0.25) is 14.5 Å². The zero-order chi connectivity index (χ0) is 25.8. The number of benzene rings is 2. The third-order valence-corrected chi connectivity index (χ3v) is 5.47. The molecule has 12 heteroatoms. The fourth-order valence-electron chi connectivity index (χ4n) is 3.64. The van der Waals surface area contributed by atoms with E-state index in [-0.39, 0.29) is 31.1 Å². The van der Waals surface area contributed by atoms with Gasteiger partial charge in [-0.05, 0) is 42.3 Å². The van der Waals surface area contributed by atoms with Gasteiger partial charge in [-0.25, -0.2) is 9.18 Å². The largest absolute Gasteiger partial charge is 0.489 e. The molecule has 1 fully saturated rings. The van der Waals surface area contributed by atoms with Crippen molar-refractivity contribution in [3.8, 4) is 5.75 Å². The second kappa shape index (κ2) is 10.3. The Morgan fingerprint density at radius 3 is 2.40 bits per heavy atom. The molecule has 0 aliphatic carbocycles. The van der Waals surface area contributed by atoms with E-state index < -0.39 is 47.5 Å². The van der Waals surface area contributed by atoms with Crippen LogP contribution in [-0.4, -0.2) is 49.6 Å². The number of hydrogen-bond donors (Lipinski definition) is 2. The molecule has 0 saturated carbocycles. The van der Waals surface area contributed by atoms with Crippen LogP contribution in [0.15, 0.2) is 42.5 Å². The molecule has 0 radical (unpaired) electrons. The second-order valence-corrected chi connectivity index (χ2v) is 7.69. The summed E-state index contributed by atoms with van der Waals surface area (Å²) in [5.41, 5.74) is -2.48. The number of alkyl halides is 3. The minimum Gasteiger partial charge on any atom is -0.489 e. The van der Waals surface area contributed by atoms with Crippen molar-refractivity contribution in [3.63, 3.8) is 0 Å². The number of carbonyl (C=O) groups is 3. The maximum atomic E-state index is 13.3. The molecule has 0 aromatic heterocycles. The van der Waals surface area contributed by atoms with Gasteiger partial charge >= 0.3 is 12.2 Å². The molecule has 35 heavy (non-hydrogen) atoms. The lowest BCUT2D eigenvalue weighted by molar-refractivity contribution is -0.137. The molecule has 1 unspecified atom stereocenters. The number of nitrogens with one attached hydrogen (secondary N) is 2. The van der Waals surface area contributed by atoms with Crippen molar-refractivity contribution >= 4 is 23.5 Å². The molecule has 1 atom stereocenters. The summed E-state index contributed by atoms with van der Waals surface area (Å²) in [7, 11) is 1.42. The van der Waals surface area contributed by atoms with E-state index in [1.807, 2.05) is 0 Å². The number of urea groups is 1. The van der Waals surface area contributed by atoms with E-state index in [0.29, 0.717) is 16.5 Å². The van der Waals surface area contributed by atoms with Crippen molar-refractivity contribution in [3.05, 3.63) is 59.4 Å². The smallest absolute Gasteiger partial charge is 0.416 e. The third kappa shape index (κ3) is 5.53. The van der Waals surface area contributed by atoms with Crippen molar-refractivity contribution < 1.29 is 41.4 Å². The van der Waals surface area contributed by atoms with Gasteiger partial charge in [0, 0.05) is 7.11 Å². The van der Waals surface area contributed by atoms with Crippen molar-refractivity contribution in [2.24, 2.45) is 0 Å². The maximum Gasteiger partial charge on any atom is 0.416 e. The number of halogens is 4. The molecule has 1 aliphatic rings. The molecule has 2 N–H and O–H groups in total. The standard InChI is InChI=1S/C23H23F4N3O5/c1-3-22(14-4-7-16(24)8-5-14)20(32)30(21(33)29-22)13-19(31)28-17-12-15(23(25,26)27)6-9-18(17)35-11-10-34-2/h4-9,12H,3,10-11,13H2,1-2H3,(H,28,31)(H,29,33). The van der Waals surface area contributed by atoms with Gasteiger partial charge in [-0.1, -0.05) is 19.1 Å². The van der Waals surface area contributed by atoms with Gasteiger partial charge in [-0.15, -0.1) is 0 Å². The van der Waals surface area contributed by atoms with Crippen LogP contribution in [0.4, 0.5) is 28.0 Å². The number of ether oxygens (including phenoxy) is 2. The first-order valence-corrected chi connectivity index (χ1v) is 10.5. The van der Waals surface area contributed by atoms with Crippen LogP contribution >= 0.6 is 0 Å². The van der Waals surface area contributed by atoms with E-state index in [2.05, 4.69) is 10.6 Å². The molecule has 8 nitrogen and oxygen atoms in total. The number of amides is 4. The molecular formula is C23H23F4N3O5. The molecule has 2 aromatic rings. The first kappa shape index (κ1) is 25.9. The highest BCUT2D eigenvalue weighted by atomic mass is 19.4. The Hall–Kier alpha value is -3.67. The van der Waals surface area contributed by atoms with Crippen LogP contribution in [0.5, 0.6) is 5.75 Å². The minimum atomic E-state index is -4.68. The zero-order valence-corrected chi connectivity index (χ0v) is 18.9. The van der Waals surface area contributed by atoms with E-state index in [9.17, 15) is 31.9 Å². The fourth-order valence-corrected chi connectivity index (χ4v) is 3.64. The summed E-state index contributed by atoms with van der Waals surface area (Å²) in [6, 6.07) is 6.67. The fraction of sp³-hybridized carbons (Fsp3) is 0.348. The summed E-state index contributed by atoms with van der Waals surface area (Å²) in [6.45, 7) is 1.03. The van der Waals surface area contributed by atoms with Gasteiger partial charge in [0.15, 0.2) is 0 Å². The van der Waals surface area contributed by atoms with Crippen LogP contribution in [-0.2, 0) is 26.0 Å². The minimum absolute atomic E-state index is 0.00837. The Balaban J connectivity index is 1.81. The van der Waals surface area contributed by atoms with Crippen molar-refractivity contribution in [2.75, 3.05) is 32.2 Å². The molecule has 1 saturated heterocycles. The maximum absolute atomic E-state index is 13.3. The lowest BCUT2D eigenvalue weighted by Crippen LogP contribution is -2.44. The Labute approximate surface area is 198 Å². The van der Waals surface area contributed by atoms with E-state index in [0.717, 1.165) is 24.3 Å². The predicted molar refractivity (Wildman–Crippen MR) is 116 cm³/mol. The summed E-state index contributed by atoms with van der Waals surface area (Å²) in [4.78, 5) is 39.1. The molecular weight excluding hydrogens is 474 g/mol. The highest BCUT2D eigenvalue weighted by Crippen LogP contribution is 2.36. The first-order valence-electron chi connectivity index (χ1n) is 10.5. The highest BCUT2D eigenvalue weighted by molar-refractivity contribution is 6.10. The molecule has 3 rings (SSSR count). The predicted octanol–water partition coefficient (Wildman–Crippen LogP) is 3.67. The van der Waals surface area contributed by atoms with Crippen LogP contribution < -0.4 is 15.4 Å². The average molecular weight is 497 g/mol. The van der Waals surface area contributed by atoms with Crippen LogP contribution in [0.3, 0.4) is 0 Å². The molecule has 2 aromatic carbocycles. The number of imide groups is 1. The Kier molecular flexibility index (Phi) is 7.64. The number of nitrogens with zero attached hydrogens (tertiary/aromatic N) is 1. The van der Waals surface area contributed by atoms with Gasteiger partial charge in [0.1, 0.15) is 30.3 Å². The average Bonchev–Trinajstić information content (AvgIpc) is 3.05.